The zero-order valence-electron chi connectivity index (χ0n) is 11.5. The van der Waals surface area contributed by atoms with Crippen LogP contribution < -0.4 is 5.32 Å². The maximum Gasteiger partial charge on any atom is 0.263 e. The van der Waals surface area contributed by atoms with Crippen molar-refractivity contribution in [3.8, 4) is 0 Å². The number of nitrogens with one attached hydrogen (secondary N) is 1. The fraction of sp³-hybridized carbons (Fsp3) is 0.583. The summed E-state index contributed by atoms with van der Waals surface area (Å²) in [6.45, 7) is 2.63. The molecule has 0 aromatic carbocycles. The average Bonchev–Trinajstić information content (AvgIpc) is 3.12. The third-order valence-electron chi connectivity index (χ3n) is 3.80. The molecule has 1 N–H and O–H groups in total. The molecule has 1 fully saturated rings. The van der Waals surface area contributed by atoms with E-state index < -0.39 is 10.0 Å². The van der Waals surface area contributed by atoms with Crippen molar-refractivity contribution in [3.05, 3.63) is 11.6 Å². The van der Waals surface area contributed by atoms with Gasteiger partial charge in [-0.2, -0.15) is 4.31 Å². The molecule has 1 saturated heterocycles. The van der Waals surface area contributed by atoms with Gasteiger partial charge in [0.25, 0.3) is 10.0 Å². The average molecular weight is 314 g/mol. The normalized spacial score (nSPS) is 20.8. The van der Waals surface area contributed by atoms with Crippen molar-refractivity contribution in [3.63, 3.8) is 0 Å². The summed E-state index contributed by atoms with van der Waals surface area (Å²) in [6.07, 6.45) is 4.48. The highest BCUT2D eigenvalue weighted by Gasteiger charge is 2.38. The first-order valence-electron chi connectivity index (χ1n) is 6.74. The highest BCUT2D eigenvalue weighted by atomic mass is 32.2. The fourth-order valence-corrected chi connectivity index (χ4v) is 5.62. The molecule has 20 heavy (non-hydrogen) atoms. The number of rotatable bonds is 4. The van der Waals surface area contributed by atoms with Crippen LogP contribution in [0, 0.1) is 0 Å². The first-order chi connectivity index (χ1) is 9.59. The van der Waals surface area contributed by atoms with E-state index in [1.54, 1.807) is 22.0 Å². The molecule has 0 spiro atoms. The predicted octanol–water partition coefficient (Wildman–Crippen LogP) is 2.00. The van der Waals surface area contributed by atoms with Gasteiger partial charge in [-0.05, 0) is 19.3 Å². The van der Waals surface area contributed by atoms with Crippen molar-refractivity contribution >= 4 is 32.1 Å². The Balaban J connectivity index is 2.15. The quantitative estimate of drug-likeness (QED) is 0.937. The predicted molar refractivity (Wildman–Crippen MR) is 79.8 cm³/mol. The van der Waals surface area contributed by atoms with Crippen LogP contribution >= 0.6 is 11.3 Å². The van der Waals surface area contributed by atoms with E-state index in [1.165, 1.54) is 11.3 Å². The van der Waals surface area contributed by atoms with Gasteiger partial charge in [-0.15, -0.1) is 11.3 Å². The van der Waals surface area contributed by atoms with Crippen molar-refractivity contribution in [2.24, 2.45) is 0 Å². The summed E-state index contributed by atoms with van der Waals surface area (Å²) < 4.78 is 29.3. The van der Waals surface area contributed by atoms with Gasteiger partial charge in [-0.25, -0.2) is 13.4 Å². The zero-order valence-corrected chi connectivity index (χ0v) is 13.2. The Hall–Kier alpha value is -1.12. The Morgan fingerprint density at radius 3 is 3.05 bits per heavy atom. The molecule has 0 saturated carbocycles. The summed E-state index contributed by atoms with van der Waals surface area (Å²) in [5, 5.41) is 5.01. The number of aromatic nitrogens is 2. The molecular weight excluding hydrogens is 296 g/mol. The third kappa shape index (κ3) is 1.94. The Bertz CT molecular complexity index is 719. The summed E-state index contributed by atoms with van der Waals surface area (Å²) in [5.74, 6) is 0.429. The van der Waals surface area contributed by atoms with Crippen LogP contribution in [0.2, 0.25) is 0 Å². The molecule has 1 atom stereocenters. The van der Waals surface area contributed by atoms with Crippen LogP contribution in [0.5, 0.6) is 0 Å². The highest BCUT2D eigenvalue weighted by Crippen LogP contribution is 2.32. The molecule has 3 heterocycles. The van der Waals surface area contributed by atoms with E-state index in [2.05, 4.69) is 10.3 Å². The van der Waals surface area contributed by atoms with Crippen LogP contribution in [0.15, 0.2) is 16.6 Å². The number of nitrogens with zero attached hydrogens (tertiary/aromatic N) is 3. The Labute approximate surface area is 122 Å². The molecule has 0 aliphatic carbocycles. The molecule has 6 nitrogen and oxygen atoms in total. The van der Waals surface area contributed by atoms with Gasteiger partial charge in [0.2, 0.25) is 0 Å². The van der Waals surface area contributed by atoms with Gasteiger partial charge in [0.15, 0.2) is 15.8 Å². The van der Waals surface area contributed by atoms with Gasteiger partial charge in [0.05, 0.1) is 0 Å². The monoisotopic (exact) mass is 314 g/mol. The van der Waals surface area contributed by atoms with Crippen LogP contribution in [0.3, 0.4) is 0 Å². The smallest absolute Gasteiger partial charge is 0.263 e. The Morgan fingerprint density at radius 2 is 2.35 bits per heavy atom. The standard InChI is InChI=1S/C12H18N4O2S2/c1-3-9-5-4-6-16(9)20(17,18)11-10(13-2)14-12-15(11)7-8-19-12/h7-9,13H,3-6H2,1-2H3. The Morgan fingerprint density at radius 1 is 1.55 bits per heavy atom. The summed E-state index contributed by atoms with van der Waals surface area (Å²) in [7, 11) is -1.82. The molecule has 2 aromatic heterocycles. The molecule has 1 unspecified atom stereocenters. The number of sulfonamides is 1. The second kappa shape index (κ2) is 5.01. The summed E-state index contributed by atoms with van der Waals surface area (Å²) >= 11 is 1.43. The van der Waals surface area contributed by atoms with Crippen LogP contribution in [-0.4, -0.2) is 41.7 Å². The van der Waals surface area contributed by atoms with Crippen LogP contribution in [0.25, 0.3) is 4.96 Å². The lowest BCUT2D eigenvalue weighted by Gasteiger charge is -2.22. The number of thiazole rings is 1. The topological polar surface area (TPSA) is 66.7 Å². The molecule has 1 aliphatic rings. The van der Waals surface area contributed by atoms with Gasteiger partial charge in [-0.1, -0.05) is 6.92 Å². The van der Waals surface area contributed by atoms with E-state index in [0.717, 1.165) is 19.3 Å². The maximum atomic E-state index is 13.0. The molecule has 0 bridgehead atoms. The van der Waals surface area contributed by atoms with E-state index in [1.807, 2.05) is 12.3 Å². The van der Waals surface area contributed by atoms with Gasteiger partial charge in [-0.3, -0.25) is 4.40 Å². The first kappa shape index (κ1) is 13.8. The van der Waals surface area contributed by atoms with E-state index in [9.17, 15) is 8.42 Å². The molecule has 0 amide bonds. The highest BCUT2D eigenvalue weighted by molar-refractivity contribution is 7.89. The molecule has 2 aromatic rings. The zero-order chi connectivity index (χ0) is 14.3. The molecular formula is C12H18N4O2S2. The van der Waals surface area contributed by atoms with E-state index in [4.69, 9.17) is 0 Å². The van der Waals surface area contributed by atoms with Crippen LogP contribution in [0.4, 0.5) is 5.82 Å². The number of anilines is 1. The second-order valence-electron chi connectivity index (χ2n) is 4.89. The minimum atomic E-state index is -3.52. The SMILES string of the molecule is CCC1CCCN1S(=O)(=O)c1c(NC)nc2sccn12. The van der Waals surface area contributed by atoms with E-state index in [-0.39, 0.29) is 11.1 Å². The molecule has 110 valence electrons. The van der Waals surface area contributed by atoms with Crippen LogP contribution in [-0.2, 0) is 10.0 Å². The van der Waals surface area contributed by atoms with Gasteiger partial charge in [0, 0.05) is 31.2 Å². The van der Waals surface area contributed by atoms with Crippen molar-refractivity contribution in [2.45, 2.75) is 37.3 Å². The molecule has 1 aliphatic heterocycles. The van der Waals surface area contributed by atoms with Crippen molar-refractivity contribution < 1.29 is 8.42 Å². The number of fused-ring (bicyclic) bond motifs is 1. The van der Waals surface area contributed by atoms with Crippen molar-refractivity contribution in [2.75, 3.05) is 18.9 Å². The number of hydrogen-bond donors (Lipinski definition) is 1. The molecule has 0 radical (unpaired) electrons. The minimum Gasteiger partial charge on any atom is -0.371 e. The number of imidazole rings is 1. The lowest BCUT2D eigenvalue weighted by Crippen LogP contribution is -2.36. The first-order valence-corrected chi connectivity index (χ1v) is 9.06. The lowest BCUT2D eigenvalue weighted by atomic mass is 10.2. The minimum absolute atomic E-state index is 0.105. The van der Waals surface area contributed by atoms with Crippen molar-refractivity contribution in [1.82, 2.24) is 13.7 Å². The summed E-state index contributed by atoms with van der Waals surface area (Å²) in [5.41, 5.74) is 0. The molecule has 8 heteroatoms. The largest absolute Gasteiger partial charge is 0.371 e. The Kier molecular flexibility index (Phi) is 3.47. The fourth-order valence-electron chi connectivity index (χ4n) is 2.82. The summed E-state index contributed by atoms with van der Waals surface area (Å²) in [6, 6.07) is 0.105. The number of hydrogen-bond acceptors (Lipinski definition) is 5. The third-order valence-corrected chi connectivity index (χ3v) is 6.54. The summed E-state index contributed by atoms with van der Waals surface area (Å²) in [4.78, 5) is 5.04. The van der Waals surface area contributed by atoms with E-state index in [0.29, 0.717) is 17.3 Å². The molecule has 3 rings (SSSR count). The van der Waals surface area contributed by atoms with Crippen LogP contribution in [0.1, 0.15) is 26.2 Å². The van der Waals surface area contributed by atoms with Gasteiger partial charge >= 0.3 is 0 Å². The van der Waals surface area contributed by atoms with Crippen molar-refractivity contribution in [1.29, 1.82) is 0 Å². The second-order valence-corrected chi connectivity index (χ2v) is 7.57. The van der Waals surface area contributed by atoms with E-state index >= 15 is 0 Å². The van der Waals surface area contributed by atoms with Gasteiger partial charge in [0.1, 0.15) is 0 Å². The van der Waals surface area contributed by atoms with Gasteiger partial charge < -0.3 is 5.32 Å². The lowest BCUT2D eigenvalue weighted by molar-refractivity contribution is 0.378. The maximum absolute atomic E-state index is 13.0.